The molecule has 0 saturated carbocycles. The fourth-order valence-electron chi connectivity index (χ4n) is 2.20. The van der Waals surface area contributed by atoms with Crippen molar-refractivity contribution in [3.8, 4) is 11.3 Å². The van der Waals surface area contributed by atoms with E-state index in [1.54, 1.807) is 30.3 Å². The van der Waals surface area contributed by atoms with E-state index in [2.05, 4.69) is 10.3 Å². The lowest BCUT2D eigenvalue weighted by molar-refractivity contribution is 0.102. The normalized spacial score (nSPS) is 10.7. The maximum atomic E-state index is 13.0. The lowest BCUT2D eigenvalue weighted by atomic mass is 10.1. The molecule has 0 fully saturated rings. The van der Waals surface area contributed by atoms with Crippen LogP contribution in [-0.2, 0) is 0 Å². The number of amides is 1. The number of halogens is 3. The number of rotatable bonds is 3. The highest BCUT2D eigenvalue weighted by Crippen LogP contribution is 2.32. The number of aromatic nitrogens is 1. The molecule has 1 aromatic heterocycles. The van der Waals surface area contributed by atoms with Gasteiger partial charge < -0.3 is 0 Å². The van der Waals surface area contributed by atoms with E-state index in [4.69, 9.17) is 23.2 Å². The van der Waals surface area contributed by atoms with Gasteiger partial charge >= 0.3 is 0 Å². The molecule has 3 aromatic rings. The van der Waals surface area contributed by atoms with E-state index in [1.165, 1.54) is 23.5 Å². The number of carbonyl (C=O) groups excluding carboxylic acids is 1. The average molecular weight is 381 g/mol. The number of hydrogen-bond acceptors (Lipinski definition) is 3. The predicted molar refractivity (Wildman–Crippen MR) is 96.7 cm³/mol. The second kappa shape index (κ2) is 6.89. The Morgan fingerprint density at radius 3 is 2.38 bits per heavy atom. The van der Waals surface area contributed by atoms with Gasteiger partial charge in [0.2, 0.25) is 0 Å². The van der Waals surface area contributed by atoms with Gasteiger partial charge in [-0.15, -0.1) is 11.3 Å². The minimum Gasteiger partial charge on any atom is -0.298 e. The zero-order valence-electron chi connectivity index (χ0n) is 12.4. The van der Waals surface area contributed by atoms with Crippen LogP contribution in [0.4, 0.5) is 9.52 Å². The van der Waals surface area contributed by atoms with Crippen molar-refractivity contribution in [3.05, 3.63) is 68.8 Å². The average Bonchev–Trinajstić information content (AvgIpc) is 2.88. The summed E-state index contributed by atoms with van der Waals surface area (Å²) in [5.74, 6) is -0.737. The fourth-order valence-corrected chi connectivity index (χ4v) is 3.60. The Kier molecular flexibility index (Phi) is 4.85. The Hall–Kier alpha value is -1.95. The predicted octanol–water partition coefficient (Wildman–Crippen LogP) is 5.82. The highest BCUT2D eigenvalue weighted by molar-refractivity contribution is 7.16. The SMILES string of the molecule is Cc1sc(NC(=O)c2c(Cl)cccc2Cl)nc1-c1ccc(F)cc1. The second-order valence-corrected chi connectivity index (χ2v) is 7.00. The van der Waals surface area contributed by atoms with E-state index < -0.39 is 5.91 Å². The van der Waals surface area contributed by atoms with Crippen LogP contribution in [0.1, 0.15) is 15.2 Å². The molecule has 122 valence electrons. The van der Waals surface area contributed by atoms with Crippen LogP contribution in [0.15, 0.2) is 42.5 Å². The molecule has 0 aliphatic carbocycles. The molecule has 3 rings (SSSR count). The van der Waals surface area contributed by atoms with Crippen LogP contribution in [0.2, 0.25) is 10.0 Å². The summed E-state index contributed by atoms with van der Waals surface area (Å²) in [5, 5.41) is 3.67. The maximum absolute atomic E-state index is 13.0. The number of aryl methyl sites for hydroxylation is 1. The topological polar surface area (TPSA) is 42.0 Å². The first-order valence-corrected chi connectivity index (χ1v) is 8.51. The smallest absolute Gasteiger partial charge is 0.260 e. The minimum absolute atomic E-state index is 0.206. The molecular weight excluding hydrogens is 370 g/mol. The highest BCUT2D eigenvalue weighted by atomic mass is 35.5. The number of thiazole rings is 1. The minimum atomic E-state index is -0.426. The molecule has 0 radical (unpaired) electrons. The van der Waals surface area contributed by atoms with E-state index in [0.29, 0.717) is 10.8 Å². The second-order valence-electron chi connectivity index (χ2n) is 4.98. The zero-order valence-corrected chi connectivity index (χ0v) is 14.8. The van der Waals surface area contributed by atoms with Gasteiger partial charge in [-0.3, -0.25) is 10.1 Å². The quantitative estimate of drug-likeness (QED) is 0.622. The summed E-state index contributed by atoms with van der Waals surface area (Å²) < 4.78 is 13.0. The van der Waals surface area contributed by atoms with E-state index >= 15 is 0 Å². The Labute approximate surface area is 152 Å². The summed E-state index contributed by atoms with van der Waals surface area (Å²) in [4.78, 5) is 17.7. The molecule has 1 amide bonds. The largest absolute Gasteiger partial charge is 0.298 e. The third kappa shape index (κ3) is 3.43. The Balaban J connectivity index is 1.88. The van der Waals surface area contributed by atoms with Gasteiger partial charge in [-0.2, -0.15) is 0 Å². The molecule has 1 heterocycles. The molecule has 24 heavy (non-hydrogen) atoms. The van der Waals surface area contributed by atoms with E-state index in [1.807, 2.05) is 6.92 Å². The van der Waals surface area contributed by atoms with Crippen molar-refractivity contribution >= 4 is 45.6 Å². The first-order valence-electron chi connectivity index (χ1n) is 6.94. The van der Waals surface area contributed by atoms with Gasteiger partial charge in [-0.05, 0) is 43.3 Å². The van der Waals surface area contributed by atoms with Crippen LogP contribution in [0, 0.1) is 12.7 Å². The van der Waals surface area contributed by atoms with Crippen molar-refractivity contribution < 1.29 is 9.18 Å². The molecule has 1 N–H and O–H groups in total. The van der Waals surface area contributed by atoms with Crippen molar-refractivity contribution in [1.82, 2.24) is 4.98 Å². The van der Waals surface area contributed by atoms with Crippen LogP contribution in [-0.4, -0.2) is 10.9 Å². The Bertz CT molecular complexity index is 889. The van der Waals surface area contributed by atoms with Gasteiger partial charge in [-0.1, -0.05) is 29.3 Å². The third-order valence-electron chi connectivity index (χ3n) is 3.32. The van der Waals surface area contributed by atoms with E-state index in [9.17, 15) is 9.18 Å². The third-order valence-corrected chi connectivity index (χ3v) is 4.84. The zero-order chi connectivity index (χ0) is 17.3. The summed E-state index contributed by atoms with van der Waals surface area (Å²) in [7, 11) is 0. The summed E-state index contributed by atoms with van der Waals surface area (Å²) in [5.41, 5.74) is 1.68. The Morgan fingerprint density at radius 1 is 1.12 bits per heavy atom. The van der Waals surface area contributed by atoms with E-state index in [-0.39, 0.29) is 21.4 Å². The van der Waals surface area contributed by atoms with Crippen molar-refractivity contribution in [1.29, 1.82) is 0 Å². The van der Waals surface area contributed by atoms with Crippen LogP contribution >= 0.6 is 34.5 Å². The summed E-state index contributed by atoms with van der Waals surface area (Å²) in [6, 6.07) is 10.9. The monoisotopic (exact) mass is 380 g/mol. The lowest BCUT2D eigenvalue weighted by Gasteiger charge is -2.05. The van der Waals surface area contributed by atoms with Crippen LogP contribution < -0.4 is 5.32 Å². The molecule has 0 spiro atoms. The number of nitrogens with zero attached hydrogens (tertiary/aromatic N) is 1. The molecular formula is C17H11Cl2FN2OS. The van der Waals surface area contributed by atoms with Crippen LogP contribution in [0.3, 0.4) is 0 Å². The van der Waals surface area contributed by atoms with Crippen molar-refractivity contribution in [2.75, 3.05) is 5.32 Å². The van der Waals surface area contributed by atoms with Gasteiger partial charge in [-0.25, -0.2) is 9.37 Å². The molecule has 7 heteroatoms. The molecule has 3 nitrogen and oxygen atoms in total. The number of hydrogen-bond donors (Lipinski definition) is 1. The molecule has 0 aliphatic heterocycles. The van der Waals surface area contributed by atoms with Gasteiger partial charge in [0.15, 0.2) is 5.13 Å². The molecule has 2 aromatic carbocycles. The fraction of sp³-hybridized carbons (Fsp3) is 0.0588. The molecule has 0 bridgehead atoms. The van der Waals surface area contributed by atoms with Crippen molar-refractivity contribution in [2.45, 2.75) is 6.92 Å². The molecule has 0 aliphatic rings. The van der Waals surface area contributed by atoms with Gasteiger partial charge in [0.05, 0.1) is 21.3 Å². The van der Waals surface area contributed by atoms with Gasteiger partial charge in [0, 0.05) is 10.4 Å². The highest BCUT2D eigenvalue weighted by Gasteiger charge is 2.17. The van der Waals surface area contributed by atoms with Crippen molar-refractivity contribution in [2.24, 2.45) is 0 Å². The van der Waals surface area contributed by atoms with Gasteiger partial charge in [0.1, 0.15) is 5.82 Å². The molecule has 0 saturated heterocycles. The van der Waals surface area contributed by atoms with Crippen LogP contribution in [0.25, 0.3) is 11.3 Å². The molecule has 0 atom stereocenters. The molecule has 0 unspecified atom stereocenters. The number of benzene rings is 2. The van der Waals surface area contributed by atoms with Gasteiger partial charge in [0.25, 0.3) is 5.91 Å². The number of anilines is 1. The lowest BCUT2D eigenvalue weighted by Crippen LogP contribution is -2.12. The summed E-state index contributed by atoms with van der Waals surface area (Å²) >= 11 is 13.4. The standard InChI is InChI=1S/C17H11Cl2FN2OS/c1-9-15(10-5-7-11(20)8-6-10)21-17(24-9)22-16(23)14-12(18)3-2-4-13(14)19/h2-8H,1H3,(H,21,22,23). The maximum Gasteiger partial charge on any atom is 0.260 e. The summed E-state index contributed by atoms with van der Waals surface area (Å²) in [6.45, 7) is 1.88. The summed E-state index contributed by atoms with van der Waals surface area (Å²) in [6.07, 6.45) is 0. The first kappa shape index (κ1) is 16.9. The van der Waals surface area contributed by atoms with Crippen LogP contribution in [0.5, 0.6) is 0 Å². The van der Waals surface area contributed by atoms with E-state index in [0.717, 1.165) is 10.4 Å². The number of carbonyl (C=O) groups is 1. The first-order chi connectivity index (χ1) is 11.5. The number of nitrogens with one attached hydrogen (secondary N) is 1. The van der Waals surface area contributed by atoms with Crippen molar-refractivity contribution in [3.63, 3.8) is 0 Å². The Morgan fingerprint density at radius 2 is 1.75 bits per heavy atom.